The number of alkyl halides is 3. The minimum atomic E-state index is -4.62. The zero-order valence-electron chi connectivity index (χ0n) is 21.0. The number of benzene rings is 3. The molecule has 0 atom stereocenters. The minimum absolute atomic E-state index is 0.100. The van der Waals surface area contributed by atoms with Crippen molar-refractivity contribution in [3.63, 3.8) is 0 Å². The summed E-state index contributed by atoms with van der Waals surface area (Å²) in [5.74, 6) is 0.370. The van der Waals surface area contributed by atoms with Crippen molar-refractivity contribution in [1.82, 2.24) is 9.78 Å². The van der Waals surface area contributed by atoms with Crippen LogP contribution >= 0.6 is 0 Å². The van der Waals surface area contributed by atoms with Crippen LogP contribution in [0, 0.1) is 6.92 Å². The predicted octanol–water partition coefficient (Wildman–Crippen LogP) is 5.32. The van der Waals surface area contributed by atoms with Gasteiger partial charge in [-0.05, 0) is 60.5 Å². The number of hydrogen-bond acceptors (Lipinski definition) is 5. The van der Waals surface area contributed by atoms with E-state index < -0.39 is 23.7 Å². The molecular weight excluding hydrogens is 513 g/mol. The van der Waals surface area contributed by atoms with Crippen LogP contribution in [0.25, 0.3) is 0 Å². The molecule has 0 fully saturated rings. The van der Waals surface area contributed by atoms with E-state index in [2.05, 4.69) is 10.4 Å². The lowest BCUT2D eigenvalue weighted by atomic mass is 10.1. The first kappa shape index (κ1) is 27.0. The summed E-state index contributed by atoms with van der Waals surface area (Å²) in [5, 5.41) is 6.95. The number of primary amides is 1. The zero-order chi connectivity index (χ0) is 28.3. The second-order valence-electron chi connectivity index (χ2n) is 8.62. The van der Waals surface area contributed by atoms with E-state index in [1.54, 1.807) is 20.1 Å². The first-order chi connectivity index (χ1) is 18.5. The number of hydrogen-bond donors (Lipinski definition) is 3. The van der Waals surface area contributed by atoms with E-state index in [0.29, 0.717) is 17.9 Å². The second-order valence-corrected chi connectivity index (χ2v) is 8.62. The largest absolute Gasteiger partial charge is 0.497 e. The third-order valence-electron chi connectivity index (χ3n) is 6.00. The normalized spacial score (nSPS) is 11.2. The van der Waals surface area contributed by atoms with E-state index >= 15 is 0 Å². The fourth-order valence-electron chi connectivity index (χ4n) is 3.93. The van der Waals surface area contributed by atoms with Gasteiger partial charge in [-0.25, -0.2) is 9.48 Å². The highest BCUT2D eigenvalue weighted by atomic mass is 19.4. The molecular formula is C27H25F3N6O3. The summed E-state index contributed by atoms with van der Waals surface area (Å²) in [6.07, 6.45) is -3.20. The molecule has 0 unspecified atom stereocenters. The molecule has 0 aliphatic heterocycles. The minimum Gasteiger partial charge on any atom is -0.497 e. The molecule has 12 heteroatoms. The van der Waals surface area contributed by atoms with Crippen molar-refractivity contribution in [3.05, 3.63) is 95.2 Å². The van der Waals surface area contributed by atoms with Crippen molar-refractivity contribution in [2.24, 2.45) is 5.73 Å². The number of carbonyl (C=O) groups is 2. The number of aryl methyl sites for hydroxylation is 1. The molecule has 0 radical (unpaired) electrons. The molecule has 202 valence electrons. The SMILES string of the molecule is COc1ccc(Cn2ncc(NC(=O)c3cc(N(C(N)=O)c4cccc(C(F)(F)F)c4)ccc3C)c2N)cc1. The number of nitrogen functional groups attached to an aromatic ring is 1. The average Bonchev–Trinajstić information content (AvgIpc) is 3.23. The summed E-state index contributed by atoms with van der Waals surface area (Å²) in [6, 6.07) is 14.9. The number of aromatic nitrogens is 2. The van der Waals surface area contributed by atoms with Gasteiger partial charge in [-0.15, -0.1) is 0 Å². The molecule has 3 amide bonds. The topological polar surface area (TPSA) is 128 Å². The van der Waals surface area contributed by atoms with E-state index in [4.69, 9.17) is 16.2 Å². The van der Waals surface area contributed by atoms with E-state index in [1.165, 1.54) is 35.1 Å². The summed E-state index contributed by atoms with van der Waals surface area (Å²) in [6.45, 7) is 2.03. The Labute approximate surface area is 221 Å². The van der Waals surface area contributed by atoms with Crippen LogP contribution in [0.5, 0.6) is 5.75 Å². The summed E-state index contributed by atoms with van der Waals surface area (Å²) in [7, 11) is 1.57. The molecule has 1 heterocycles. The van der Waals surface area contributed by atoms with Crippen LogP contribution in [0.2, 0.25) is 0 Å². The first-order valence-electron chi connectivity index (χ1n) is 11.6. The van der Waals surface area contributed by atoms with Gasteiger partial charge in [-0.3, -0.25) is 9.69 Å². The number of carbonyl (C=O) groups excluding carboxylic acids is 2. The van der Waals surface area contributed by atoms with Gasteiger partial charge < -0.3 is 21.5 Å². The molecule has 0 aliphatic rings. The molecule has 4 aromatic rings. The molecule has 5 N–H and O–H groups in total. The fraction of sp³-hybridized carbons (Fsp3) is 0.148. The quantitative estimate of drug-likeness (QED) is 0.293. The van der Waals surface area contributed by atoms with Gasteiger partial charge in [0.2, 0.25) is 0 Å². The number of nitrogens with one attached hydrogen (secondary N) is 1. The number of ether oxygens (including phenoxy) is 1. The lowest BCUT2D eigenvalue weighted by molar-refractivity contribution is -0.137. The third-order valence-corrected chi connectivity index (χ3v) is 6.00. The molecule has 39 heavy (non-hydrogen) atoms. The number of rotatable bonds is 7. The van der Waals surface area contributed by atoms with Crippen LogP contribution in [0.3, 0.4) is 0 Å². The predicted molar refractivity (Wildman–Crippen MR) is 141 cm³/mol. The highest BCUT2D eigenvalue weighted by Crippen LogP contribution is 2.34. The molecule has 1 aromatic heterocycles. The van der Waals surface area contributed by atoms with Gasteiger partial charge in [0.1, 0.15) is 17.3 Å². The van der Waals surface area contributed by atoms with Crippen molar-refractivity contribution < 1.29 is 27.5 Å². The van der Waals surface area contributed by atoms with Crippen molar-refractivity contribution >= 4 is 34.8 Å². The number of anilines is 4. The molecule has 0 bridgehead atoms. The Morgan fingerprint density at radius 2 is 1.74 bits per heavy atom. The average molecular weight is 539 g/mol. The Kier molecular flexibility index (Phi) is 7.47. The maximum Gasteiger partial charge on any atom is 0.416 e. The lowest BCUT2D eigenvalue weighted by Crippen LogP contribution is -2.32. The monoisotopic (exact) mass is 538 g/mol. The van der Waals surface area contributed by atoms with Crippen LogP contribution in [0.4, 0.5) is 40.8 Å². The zero-order valence-corrected chi connectivity index (χ0v) is 21.0. The number of halogens is 3. The van der Waals surface area contributed by atoms with Crippen molar-refractivity contribution in [1.29, 1.82) is 0 Å². The van der Waals surface area contributed by atoms with Crippen LogP contribution in [0.1, 0.15) is 27.0 Å². The number of methoxy groups -OCH3 is 1. The Bertz CT molecular complexity index is 1520. The highest BCUT2D eigenvalue weighted by molar-refractivity contribution is 6.08. The molecule has 0 saturated heterocycles. The molecule has 0 spiro atoms. The number of amides is 3. The second kappa shape index (κ2) is 10.8. The third kappa shape index (κ3) is 5.95. The Hall–Kier alpha value is -5.00. The standard InChI is InChI=1S/C27H25F3N6O3/c1-16-6-9-20(36(26(32)38)19-5-3-4-18(12-19)27(28,29)30)13-22(16)25(37)34-23-14-33-35(24(23)31)15-17-7-10-21(39-2)11-8-17/h3-14H,15,31H2,1-2H3,(H2,32,38)(H,34,37). The number of nitrogens with two attached hydrogens (primary N) is 2. The summed E-state index contributed by atoms with van der Waals surface area (Å²) < 4.78 is 46.4. The Balaban J connectivity index is 1.59. The maximum absolute atomic E-state index is 13.2. The summed E-state index contributed by atoms with van der Waals surface area (Å²) in [4.78, 5) is 26.4. The molecule has 0 aliphatic carbocycles. The van der Waals surface area contributed by atoms with Crippen LogP contribution in [-0.4, -0.2) is 28.8 Å². The van der Waals surface area contributed by atoms with Gasteiger partial charge in [-0.1, -0.05) is 24.3 Å². The first-order valence-corrected chi connectivity index (χ1v) is 11.6. The summed E-state index contributed by atoms with van der Waals surface area (Å²) in [5.41, 5.74) is 12.7. The maximum atomic E-state index is 13.2. The fourth-order valence-corrected chi connectivity index (χ4v) is 3.93. The molecule has 0 saturated carbocycles. The van der Waals surface area contributed by atoms with E-state index in [9.17, 15) is 22.8 Å². The smallest absolute Gasteiger partial charge is 0.416 e. The molecule has 9 nitrogen and oxygen atoms in total. The van der Waals surface area contributed by atoms with E-state index in [0.717, 1.165) is 22.6 Å². The van der Waals surface area contributed by atoms with Crippen molar-refractivity contribution in [2.45, 2.75) is 19.6 Å². The van der Waals surface area contributed by atoms with Gasteiger partial charge in [0.25, 0.3) is 5.91 Å². The number of nitrogens with zero attached hydrogens (tertiary/aromatic N) is 3. The van der Waals surface area contributed by atoms with Gasteiger partial charge in [0.15, 0.2) is 0 Å². The van der Waals surface area contributed by atoms with Crippen molar-refractivity contribution in [3.8, 4) is 5.75 Å². The van der Waals surface area contributed by atoms with Gasteiger partial charge in [0, 0.05) is 5.56 Å². The van der Waals surface area contributed by atoms with Gasteiger partial charge in [0.05, 0.1) is 36.8 Å². The van der Waals surface area contributed by atoms with Crippen LogP contribution < -0.4 is 26.4 Å². The highest BCUT2D eigenvalue weighted by Gasteiger charge is 2.31. The van der Waals surface area contributed by atoms with Gasteiger partial charge in [-0.2, -0.15) is 18.3 Å². The van der Waals surface area contributed by atoms with E-state index in [-0.39, 0.29) is 28.4 Å². The number of urea groups is 1. The molecule has 4 rings (SSSR count). The summed E-state index contributed by atoms with van der Waals surface area (Å²) >= 11 is 0. The molecule has 3 aromatic carbocycles. The van der Waals surface area contributed by atoms with Gasteiger partial charge >= 0.3 is 12.2 Å². The van der Waals surface area contributed by atoms with E-state index in [1.807, 2.05) is 24.3 Å². The van der Waals surface area contributed by atoms with Crippen molar-refractivity contribution in [2.75, 3.05) is 23.1 Å². The Morgan fingerprint density at radius 3 is 2.38 bits per heavy atom. The Morgan fingerprint density at radius 1 is 1.05 bits per heavy atom. The van der Waals surface area contributed by atoms with Crippen LogP contribution in [0.15, 0.2) is 72.9 Å². The lowest BCUT2D eigenvalue weighted by Gasteiger charge is -2.23. The van der Waals surface area contributed by atoms with Crippen LogP contribution in [-0.2, 0) is 12.7 Å².